The Morgan fingerprint density at radius 2 is 2.23 bits per heavy atom. The maximum Gasteiger partial charge on any atom is 0.433 e. The third-order valence-corrected chi connectivity index (χ3v) is 3.08. The summed E-state index contributed by atoms with van der Waals surface area (Å²) in [7, 11) is 0. The van der Waals surface area contributed by atoms with Gasteiger partial charge in [0.2, 0.25) is 11.9 Å². The Morgan fingerprint density at radius 1 is 1.45 bits per heavy atom. The number of halogens is 3. The van der Waals surface area contributed by atoms with E-state index in [1.165, 1.54) is 0 Å². The van der Waals surface area contributed by atoms with Gasteiger partial charge >= 0.3 is 6.18 Å². The molecule has 2 atom stereocenters. The highest BCUT2D eigenvalue weighted by molar-refractivity contribution is 5.82. The van der Waals surface area contributed by atoms with E-state index < -0.39 is 24.0 Å². The minimum absolute atomic E-state index is 0.154. The lowest BCUT2D eigenvalue weighted by Crippen LogP contribution is -2.42. The SMILES string of the molecule is O=C(NCCNc1nccc(C(F)(F)F)n1)[C@H]1C[C@@H](O)CN1. The van der Waals surface area contributed by atoms with Crippen molar-refractivity contribution in [2.24, 2.45) is 0 Å². The van der Waals surface area contributed by atoms with Crippen molar-refractivity contribution in [1.82, 2.24) is 20.6 Å². The zero-order valence-corrected chi connectivity index (χ0v) is 11.5. The summed E-state index contributed by atoms with van der Waals surface area (Å²) >= 11 is 0. The summed E-state index contributed by atoms with van der Waals surface area (Å²) < 4.78 is 37.4. The number of anilines is 1. The quantitative estimate of drug-likeness (QED) is 0.559. The van der Waals surface area contributed by atoms with E-state index in [9.17, 15) is 23.1 Å². The Hall–Kier alpha value is -1.94. The topological polar surface area (TPSA) is 99.2 Å². The fourth-order valence-electron chi connectivity index (χ4n) is 2.00. The molecule has 0 spiro atoms. The average molecular weight is 319 g/mol. The molecule has 7 nitrogen and oxygen atoms in total. The lowest BCUT2D eigenvalue weighted by molar-refractivity contribution is -0.141. The van der Waals surface area contributed by atoms with Gasteiger partial charge in [-0.3, -0.25) is 4.79 Å². The van der Waals surface area contributed by atoms with Gasteiger partial charge in [0.05, 0.1) is 12.1 Å². The highest BCUT2D eigenvalue weighted by Crippen LogP contribution is 2.27. The van der Waals surface area contributed by atoms with Crippen LogP contribution in [0.1, 0.15) is 12.1 Å². The van der Waals surface area contributed by atoms with Gasteiger partial charge in [0, 0.05) is 25.8 Å². The molecule has 122 valence electrons. The highest BCUT2D eigenvalue weighted by atomic mass is 19.4. The molecule has 0 aromatic carbocycles. The number of rotatable bonds is 5. The van der Waals surface area contributed by atoms with Gasteiger partial charge in [-0.2, -0.15) is 13.2 Å². The lowest BCUT2D eigenvalue weighted by atomic mass is 10.2. The van der Waals surface area contributed by atoms with Crippen molar-refractivity contribution in [2.75, 3.05) is 25.0 Å². The molecule has 1 saturated heterocycles. The largest absolute Gasteiger partial charge is 0.433 e. The fourth-order valence-corrected chi connectivity index (χ4v) is 2.00. The van der Waals surface area contributed by atoms with Crippen LogP contribution < -0.4 is 16.0 Å². The number of alkyl halides is 3. The zero-order chi connectivity index (χ0) is 16.2. The van der Waals surface area contributed by atoms with Gasteiger partial charge in [-0.1, -0.05) is 0 Å². The standard InChI is InChI=1S/C12H16F3N5O2/c13-12(14,15)9-1-2-17-11(20-9)18-4-3-16-10(22)8-5-7(21)6-19-8/h1-2,7-8,19,21H,3-6H2,(H,16,22)(H,17,18,20)/t7-,8-/m1/s1. The van der Waals surface area contributed by atoms with Gasteiger partial charge in [0.15, 0.2) is 0 Å². The second-order valence-corrected chi connectivity index (χ2v) is 4.83. The number of nitrogens with one attached hydrogen (secondary N) is 3. The molecule has 1 aromatic heterocycles. The zero-order valence-electron chi connectivity index (χ0n) is 11.5. The molecule has 22 heavy (non-hydrogen) atoms. The number of hydrogen-bond donors (Lipinski definition) is 4. The van der Waals surface area contributed by atoms with E-state index in [0.717, 1.165) is 12.3 Å². The smallest absolute Gasteiger partial charge is 0.392 e. The van der Waals surface area contributed by atoms with Gasteiger partial charge in [-0.05, 0) is 12.5 Å². The Morgan fingerprint density at radius 3 is 2.86 bits per heavy atom. The summed E-state index contributed by atoms with van der Waals surface area (Å²) in [6.07, 6.45) is -3.70. The van der Waals surface area contributed by atoms with Crippen LogP contribution in [0.5, 0.6) is 0 Å². The molecule has 1 fully saturated rings. The first kappa shape index (κ1) is 16.4. The minimum atomic E-state index is -4.53. The molecule has 0 aliphatic carbocycles. The third kappa shape index (κ3) is 4.53. The number of carbonyl (C=O) groups is 1. The first-order valence-corrected chi connectivity index (χ1v) is 6.69. The molecule has 2 heterocycles. The van der Waals surface area contributed by atoms with Crippen molar-refractivity contribution in [3.8, 4) is 0 Å². The second kappa shape index (κ2) is 6.88. The van der Waals surface area contributed by atoms with Crippen molar-refractivity contribution < 1.29 is 23.1 Å². The lowest BCUT2D eigenvalue weighted by Gasteiger charge is -2.12. The normalized spacial score (nSPS) is 21.6. The van der Waals surface area contributed by atoms with Crippen LogP contribution in [0.3, 0.4) is 0 Å². The third-order valence-electron chi connectivity index (χ3n) is 3.08. The Labute approximate surface area is 124 Å². The van der Waals surface area contributed by atoms with Crippen LogP contribution in [0, 0.1) is 0 Å². The number of amides is 1. The first-order valence-electron chi connectivity index (χ1n) is 6.69. The van der Waals surface area contributed by atoms with E-state index in [0.29, 0.717) is 13.0 Å². The van der Waals surface area contributed by atoms with Crippen molar-refractivity contribution in [3.63, 3.8) is 0 Å². The highest BCUT2D eigenvalue weighted by Gasteiger charge is 2.32. The van der Waals surface area contributed by atoms with E-state index in [-0.39, 0.29) is 24.9 Å². The maximum absolute atomic E-state index is 12.5. The number of β-amino-alcohol motifs (C(OH)–C–C–N with tert-alkyl or cyclic N) is 1. The molecule has 1 aliphatic heterocycles. The number of aliphatic hydroxyl groups excluding tert-OH is 1. The van der Waals surface area contributed by atoms with Crippen molar-refractivity contribution in [1.29, 1.82) is 0 Å². The predicted molar refractivity (Wildman–Crippen MR) is 70.9 cm³/mol. The van der Waals surface area contributed by atoms with Gasteiger partial charge < -0.3 is 21.1 Å². The Kier molecular flexibility index (Phi) is 5.14. The summed E-state index contributed by atoms with van der Waals surface area (Å²) in [5.41, 5.74) is -1.03. The van der Waals surface area contributed by atoms with Crippen LogP contribution in [0.4, 0.5) is 19.1 Å². The van der Waals surface area contributed by atoms with Crippen LogP contribution in [0.15, 0.2) is 12.3 Å². The number of hydrogen-bond acceptors (Lipinski definition) is 6. The molecular formula is C12H16F3N5O2. The van der Waals surface area contributed by atoms with Crippen molar-refractivity contribution >= 4 is 11.9 Å². The molecule has 1 amide bonds. The molecular weight excluding hydrogens is 303 g/mol. The maximum atomic E-state index is 12.5. The molecule has 1 aromatic rings. The summed E-state index contributed by atoms with van der Waals surface area (Å²) in [5.74, 6) is -0.415. The number of nitrogens with zero attached hydrogens (tertiary/aromatic N) is 2. The van der Waals surface area contributed by atoms with Crippen LogP contribution in [0.25, 0.3) is 0 Å². The summed E-state index contributed by atoms with van der Waals surface area (Å²) in [5, 5.41) is 17.4. The average Bonchev–Trinajstić information content (AvgIpc) is 2.89. The van der Waals surface area contributed by atoms with E-state index >= 15 is 0 Å². The Balaban J connectivity index is 1.74. The van der Waals surface area contributed by atoms with Gasteiger partial charge in [0.25, 0.3) is 0 Å². The molecule has 10 heteroatoms. The van der Waals surface area contributed by atoms with Crippen LogP contribution in [0.2, 0.25) is 0 Å². The van der Waals surface area contributed by atoms with E-state index in [1.54, 1.807) is 0 Å². The van der Waals surface area contributed by atoms with Crippen molar-refractivity contribution in [2.45, 2.75) is 24.7 Å². The van der Waals surface area contributed by atoms with E-state index in [1.807, 2.05) is 0 Å². The van der Waals surface area contributed by atoms with Crippen LogP contribution >= 0.6 is 0 Å². The van der Waals surface area contributed by atoms with Crippen LogP contribution in [-0.2, 0) is 11.0 Å². The molecule has 0 saturated carbocycles. The monoisotopic (exact) mass is 319 g/mol. The number of aliphatic hydroxyl groups is 1. The summed E-state index contributed by atoms with van der Waals surface area (Å²) in [6, 6.07) is 0.337. The fraction of sp³-hybridized carbons (Fsp3) is 0.583. The summed E-state index contributed by atoms with van der Waals surface area (Å²) in [4.78, 5) is 18.7. The first-order chi connectivity index (χ1) is 10.4. The van der Waals surface area contributed by atoms with Crippen molar-refractivity contribution in [3.05, 3.63) is 18.0 Å². The minimum Gasteiger partial charge on any atom is -0.392 e. The molecule has 0 unspecified atom stereocenters. The summed E-state index contributed by atoms with van der Waals surface area (Å²) in [6.45, 7) is 0.753. The molecule has 1 aliphatic rings. The molecule has 0 bridgehead atoms. The van der Waals surface area contributed by atoms with Crippen LogP contribution in [-0.4, -0.2) is 52.8 Å². The molecule has 0 radical (unpaired) electrons. The molecule has 2 rings (SSSR count). The number of aromatic nitrogens is 2. The number of carbonyl (C=O) groups excluding carboxylic acids is 1. The van der Waals surface area contributed by atoms with Gasteiger partial charge in [0.1, 0.15) is 5.69 Å². The van der Waals surface area contributed by atoms with E-state index in [4.69, 9.17) is 0 Å². The second-order valence-electron chi connectivity index (χ2n) is 4.83. The van der Waals surface area contributed by atoms with Gasteiger partial charge in [-0.15, -0.1) is 0 Å². The predicted octanol–water partition coefficient (Wildman–Crippen LogP) is -0.254. The molecule has 4 N–H and O–H groups in total. The van der Waals surface area contributed by atoms with Gasteiger partial charge in [-0.25, -0.2) is 9.97 Å². The Bertz CT molecular complexity index is 526. The van der Waals surface area contributed by atoms with E-state index in [2.05, 4.69) is 25.9 Å².